The molecular formula is C29H27ClF5N3O4. The van der Waals surface area contributed by atoms with E-state index in [1.807, 2.05) is 0 Å². The second-order valence-electron chi connectivity index (χ2n) is 10.5. The molecule has 0 bridgehead atoms. The summed E-state index contributed by atoms with van der Waals surface area (Å²) in [5, 5.41) is 13.5. The van der Waals surface area contributed by atoms with Crippen LogP contribution in [0.4, 0.5) is 22.0 Å². The van der Waals surface area contributed by atoms with Crippen molar-refractivity contribution in [3.63, 3.8) is 0 Å². The quantitative estimate of drug-likeness (QED) is 0.224. The number of benzene rings is 2. The summed E-state index contributed by atoms with van der Waals surface area (Å²) in [6, 6.07) is 4.70. The van der Waals surface area contributed by atoms with Crippen molar-refractivity contribution in [2.45, 2.75) is 58.3 Å². The number of carbonyl (C=O) groups is 3. The Kier molecular flexibility index (Phi) is 9.05. The van der Waals surface area contributed by atoms with Gasteiger partial charge in [0.1, 0.15) is 11.6 Å². The monoisotopic (exact) mass is 611 g/mol. The van der Waals surface area contributed by atoms with Gasteiger partial charge in [-0.25, -0.2) is 8.78 Å². The number of aliphatic carboxylic acids is 1. The summed E-state index contributed by atoms with van der Waals surface area (Å²) in [7, 11) is 0. The third-order valence-electron chi connectivity index (χ3n) is 7.38. The van der Waals surface area contributed by atoms with Gasteiger partial charge in [-0.05, 0) is 80.5 Å². The first kappa shape index (κ1) is 31.1. The minimum absolute atomic E-state index is 0.0776. The Bertz CT molecular complexity index is 1490. The van der Waals surface area contributed by atoms with Crippen molar-refractivity contribution >= 4 is 29.3 Å². The smallest absolute Gasteiger partial charge is 0.433 e. The maximum Gasteiger partial charge on any atom is 0.433 e. The number of Topliss-reactive ketones (excluding diaryl/α,β-unsaturated/α-hetero) is 1. The van der Waals surface area contributed by atoms with E-state index in [1.165, 1.54) is 12.1 Å². The number of alkyl halides is 3. The van der Waals surface area contributed by atoms with Crippen LogP contribution in [0.2, 0.25) is 5.02 Å². The van der Waals surface area contributed by atoms with Gasteiger partial charge in [0.2, 0.25) is 0 Å². The average Bonchev–Trinajstić information content (AvgIpc) is 3.33. The number of amides is 1. The first-order valence-electron chi connectivity index (χ1n) is 13.1. The second-order valence-corrected chi connectivity index (χ2v) is 10.9. The molecule has 0 spiro atoms. The number of carboxylic acids is 1. The highest BCUT2D eigenvalue weighted by Crippen LogP contribution is 2.39. The van der Waals surface area contributed by atoms with Crippen molar-refractivity contribution in [1.29, 1.82) is 0 Å². The minimum Gasteiger partial charge on any atom is -0.481 e. The van der Waals surface area contributed by atoms with Gasteiger partial charge in [0.25, 0.3) is 5.91 Å². The van der Waals surface area contributed by atoms with Crippen LogP contribution in [0, 0.1) is 31.4 Å². The molecule has 0 unspecified atom stereocenters. The zero-order valence-corrected chi connectivity index (χ0v) is 23.4. The summed E-state index contributed by atoms with van der Waals surface area (Å²) in [5.41, 5.74) is -1.08. The molecule has 1 amide bonds. The van der Waals surface area contributed by atoms with Gasteiger partial charge in [-0.2, -0.15) is 18.3 Å². The van der Waals surface area contributed by atoms with E-state index in [9.17, 15) is 41.4 Å². The number of carboxylic acid groups (broad SMARTS) is 1. The fraction of sp³-hybridized carbons (Fsp3) is 0.379. The lowest BCUT2D eigenvalue weighted by Crippen LogP contribution is -2.37. The van der Waals surface area contributed by atoms with Crippen LogP contribution in [0.3, 0.4) is 0 Å². The van der Waals surface area contributed by atoms with E-state index in [2.05, 4.69) is 5.10 Å². The highest BCUT2D eigenvalue weighted by atomic mass is 35.5. The maximum absolute atomic E-state index is 14.4. The summed E-state index contributed by atoms with van der Waals surface area (Å²) in [5.74, 6) is -5.46. The Hall–Kier alpha value is -3.80. The molecule has 0 aliphatic heterocycles. The Balaban J connectivity index is 1.73. The third kappa shape index (κ3) is 6.80. The van der Waals surface area contributed by atoms with Crippen molar-refractivity contribution in [3.05, 3.63) is 86.7 Å². The Labute approximate surface area is 242 Å². The summed E-state index contributed by atoms with van der Waals surface area (Å²) in [6.45, 7) is 1.96. The topological polar surface area (TPSA) is 92.5 Å². The van der Waals surface area contributed by atoms with Gasteiger partial charge in [0.15, 0.2) is 11.5 Å². The van der Waals surface area contributed by atoms with Crippen LogP contribution in [-0.2, 0) is 17.5 Å². The lowest BCUT2D eigenvalue weighted by atomic mass is 9.86. The van der Waals surface area contributed by atoms with Crippen LogP contribution >= 0.6 is 11.6 Å². The van der Waals surface area contributed by atoms with E-state index in [0.717, 1.165) is 23.2 Å². The molecule has 1 saturated carbocycles. The third-order valence-corrected chi connectivity index (χ3v) is 7.60. The standard InChI is InChI=1S/C29H27ClF5N3O4/c1-15-7-19(30)8-16(2)25(15)24(39)14-37(13-17-9-20(31)11-21(32)10-17)27(40)23-12-36-38(26(23)29(33,34)35)22-5-3-18(4-6-22)28(41)42/h7-12,18,22H,3-6,13-14H2,1-2H3,(H,41,42)/t18-,22-. The molecular weight excluding hydrogens is 585 g/mol. The number of rotatable bonds is 8. The Morgan fingerprint density at radius 3 is 2.10 bits per heavy atom. The van der Waals surface area contributed by atoms with Crippen molar-refractivity contribution in [2.75, 3.05) is 6.54 Å². The van der Waals surface area contributed by atoms with E-state index < -0.39 is 71.8 Å². The van der Waals surface area contributed by atoms with Crippen LogP contribution in [0.15, 0.2) is 36.5 Å². The summed E-state index contributed by atoms with van der Waals surface area (Å²) in [4.78, 5) is 39.3. The predicted octanol–water partition coefficient (Wildman–Crippen LogP) is 6.79. The molecule has 0 atom stereocenters. The molecule has 7 nitrogen and oxygen atoms in total. The molecule has 1 fully saturated rings. The zero-order chi connectivity index (χ0) is 30.9. The minimum atomic E-state index is -5.03. The van der Waals surface area contributed by atoms with Gasteiger partial charge in [-0.15, -0.1) is 0 Å². The molecule has 1 aliphatic rings. The molecule has 0 radical (unpaired) electrons. The largest absolute Gasteiger partial charge is 0.481 e. The van der Waals surface area contributed by atoms with Crippen LogP contribution in [0.1, 0.15) is 74.8 Å². The highest BCUT2D eigenvalue weighted by Gasteiger charge is 2.43. The molecule has 2 aromatic carbocycles. The normalized spacial score (nSPS) is 17.2. The molecule has 1 heterocycles. The number of hydrogen-bond donors (Lipinski definition) is 1. The van der Waals surface area contributed by atoms with Crippen molar-refractivity contribution in [2.24, 2.45) is 5.92 Å². The number of ketones is 1. The first-order chi connectivity index (χ1) is 19.6. The van der Waals surface area contributed by atoms with E-state index >= 15 is 0 Å². The molecule has 13 heteroatoms. The van der Waals surface area contributed by atoms with E-state index in [-0.39, 0.29) is 36.8 Å². The first-order valence-corrected chi connectivity index (χ1v) is 13.4. The predicted molar refractivity (Wildman–Crippen MR) is 142 cm³/mol. The van der Waals surface area contributed by atoms with E-state index in [4.69, 9.17) is 11.6 Å². The summed E-state index contributed by atoms with van der Waals surface area (Å²) >= 11 is 6.06. The molecule has 1 aromatic heterocycles. The number of carbonyl (C=O) groups excluding carboxylic acids is 2. The van der Waals surface area contributed by atoms with Crippen LogP contribution in [-0.4, -0.2) is 44.0 Å². The zero-order valence-electron chi connectivity index (χ0n) is 22.6. The van der Waals surface area contributed by atoms with Crippen molar-refractivity contribution < 1.29 is 41.4 Å². The molecule has 42 heavy (non-hydrogen) atoms. The lowest BCUT2D eigenvalue weighted by Gasteiger charge is -2.28. The fourth-order valence-electron chi connectivity index (χ4n) is 5.54. The SMILES string of the molecule is Cc1cc(Cl)cc(C)c1C(=O)CN(Cc1cc(F)cc(F)c1)C(=O)c1cnn([C@H]2CC[C@H](C(=O)O)CC2)c1C(F)(F)F. The highest BCUT2D eigenvalue weighted by molar-refractivity contribution is 6.31. The Morgan fingerprint density at radius 1 is 1.00 bits per heavy atom. The molecule has 224 valence electrons. The lowest BCUT2D eigenvalue weighted by molar-refractivity contribution is -0.147. The fourth-order valence-corrected chi connectivity index (χ4v) is 5.87. The van der Waals surface area contributed by atoms with Crippen LogP contribution < -0.4 is 0 Å². The van der Waals surface area contributed by atoms with Crippen LogP contribution in [0.5, 0.6) is 0 Å². The average molecular weight is 612 g/mol. The van der Waals surface area contributed by atoms with Gasteiger partial charge in [0, 0.05) is 23.2 Å². The van der Waals surface area contributed by atoms with Gasteiger partial charge in [-0.1, -0.05) is 11.6 Å². The molecule has 3 aromatic rings. The molecule has 1 aliphatic carbocycles. The molecule has 0 saturated heterocycles. The summed E-state index contributed by atoms with van der Waals surface area (Å²) < 4.78 is 71.9. The van der Waals surface area contributed by atoms with Crippen LogP contribution in [0.25, 0.3) is 0 Å². The van der Waals surface area contributed by atoms with Crippen molar-refractivity contribution in [1.82, 2.24) is 14.7 Å². The number of nitrogens with zero attached hydrogens (tertiary/aromatic N) is 3. The maximum atomic E-state index is 14.4. The summed E-state index contributed by atoms with van der Waals surface area (Å²) in [6.07, 6.45) is -3.77. The number of aryl methyl sites for hydroxylation is 2. The number of hydrogen-bond acceptors (Lipinski definition) is 4. The van der Waals surface area contributed by atoms with Gasteiger partial charge >= 0.3 is 12.1 Å². The van der Waals surface area contributed by atoms with Gasteiger partial charge in [-0.3, -0.25) is 19.1 Å². The van der Waals surface area contributed by atoms with E-state index in [1.54, 1.807) is 13.8 Å². The van der Waals surface area contributed by atoms with Crippen molar-refractivity contribution in [3.8, 4) is 0 Å². The van der Waals surface area contributed by atoms with Gasteiger partial charge in [0.05, 0.1) is 30.3 Å². The van der Waals surface area contributed by atoms with Gasteiger partial charge < -0.3 is 10.0 Å². The molecule has 1 N–H and O–H groups in total. The number of halogens is 6. The Morgan fingerprint density at radius 2 is 1.57 bits per heavy atom. The van der Waals surface area contributed by atoms with E-state index in [0.29, 0.717) is 26.9 Å². The number of aromatic nitrogens is 2. The molecule has 4 rings (SSSR count). The second kappa shape index (κ2) is 12.2.